The minimum Gasteiger partial charge on any atom is -0.486 e. The first kappa shape index (κ1) is 12.4. The molecule has 0 saturated carbocycles. The second-order valence-corrected chi connectivity index (χ2v) is 4.98. The topological polar surface area (TPSA) is 36.9 Å². The minimum absolute atomic E-state index is 0.109. The molecule has 2 heterocycles. The third-order valence-electron chi connectivity index (χ3n) is 3.48. The Bertz CT molecular complexity index is 653. The van der Waals surface area contributed by atoms with E-state index in [1.54, 1.807) is 0 Å². The van der Waals surface area contributed by atoms with Crippen LogP contribution in [-0.2, 0) is 0 Å². The first-order chi connectivity index (χ1) is 10.4. The van der Waals surface area contributed by atoms with Gasteiger partial charge in [0.2, 0.25) is 0 Å². The lowest BCUT2D eigenvalue weighted by molar-refractivity contribution is 0.114. The lowest BCUT2D eigenvalue weighted by atomic mass is 10.1. The highest BCUT2D eigenvalue weighted by atomic mass is 16.6. The van der Waals surface area contributed by atoms with E-state index in [0.29, 0.717) is 19.8 Å². The molecule has 0 N–H and O–H groups in total. The van der Waals surface area contributed by atoms with Crippen LogP contribution < -0.4 is 18.9 Å². The molecule has 1 unspecified atom stereocenters. The lowest BCUT2D eigenvalue weighted by Crippen LogP contribution is -2.29. The van der Waals surface area contributed by atoms with E-state index in [4.69, 9.17) is 18.9 Å². The molecule has 0 spiro atoms. The summed E-state index contributed by atoms with van der Waals surface area (Å²) in [7, 11) is 0. The number of hydrogen-bond donors (Lipinski definition) is 0. The number of para-hydroxylation sites is 2. The van der Waals surface area contributed by atoms with Gasteiger partial charge in [0, 0.05) is 6.42 Å². The monoisotopic (exact) mass is 283 g/mol. The molecular formula is C17H15O4. The van der Waals surface area contributed by atoms with Crippen molar-refractivity contribution in [3.8, 4) is 23.0 Å². The summed E-state index contributed by atoms with van der Waals surface area (Å²) in [6.07, 6.45) is 1.93. The van der Waals surface area contributed by atoms with E-state index >= 15 is 0 Å². The molecule has 21 heavy (non-hydrogen) atoms. The first-order valence-electron chi connectivity index (χ1n) is 7.01. The highest BCUT2D eigenvalue weighted by Gasteiger charge is 2.22. The van der Waals surface area contributed by atoms with Gasteiger partial charge < -0.3 is 18.9 Å². The van der Waals surface area contributed by atoms with Gasteiger partial charge in [-0.3, -0.25) is 0 Å². The molecule has 1 atom stereocenters. The summed E-state index contributed by atoms with van der Waals surface area (Å²) in [6, 6.07) is 13.6. The number of hydrogen-bond acceptors (Lipinski definition) is 4. The zero-order valence-corrected chi connectivity index (χ0v) is 11.5. The standard InChI is InChI=1S/C17H15O4/c1-2-4-16-14(3-1)20-11-13(21-16)9-12-5-6-15-17(10-12)19-8-7-18-15/h1-6,9-10,13H,7-8,11H2. The number of ether oxygens (including phenoxy) is 4. The predicted molar refractivity (Wildman–Crippen MR) is 77.2 cm³/mol. The van der Waals surface area contributed by atoms with Gasteiger partial charge >= 0.3 is 0 Å². The number of rotatable bonds is 2. The van der Waals surface area contributed by atoms with Crippen molar-refractivity contribution in [2.75, 3.05) is 19.8 Å². The Labute approximate surface area is 123 Å². The number of fused-ring (bicyclic) bond motifs is 2. The Morgan fingerprint density at radius 2 is 1.57 bits per heavy atom. The second kappa shape index (κ2) is 5.20. The summed E-state index contributed by atoms with van der Waals surface area (Å²) in [5.74, 6) is 3.16. The fraction of sp³-hybridized carbons (Fsp3) is 0.235. The molecule has 0 aliphatic carbocycles. The first-order valence-corrected chi connectivity index (χ1v) is 7.01. The van der Waals surface area contributed by atoms with Crippen molar-refractivity contribution in [1.29, 1.82) is 0 Å². The fourth-order valence-electron chi connectivity index (χ4n) is 2.50. The van der Waals surface area contributed by atoms with Crippen LogP contribution in [-0.4, -0.2) is 25.9 Å². The van der Waals surface area contributed by atoms with Crippen molar-refractivity contribution in [2.45, 2.75) is 6.10 Å². The molecule has 0 fully saturated rings. The van der Waals surface area contributed by atoms with Crippen LogP contribution in [0.2, 0.25) is 0 Å². The van der Waals surface area contributed by atoms with Gasteiger partial charge in [-0.1, -0.05) is 18.2 Å². The molecule has 0 bridgehead atoms. The van der Waals surface area contributed by atoms with E-state index in [0.717, 1.165) is 28.6 Å². The molecule has 2 aromatic carbocycles. The van der Waals surface area contributed by atoms with Crippen LogP contribution in [0.25, 0.3) is 0 Å². The highest BCUT2D eigenvalue weighted by molar-refractivity contribution is 5.47. The number of benzene rings is 2. The third kappa shape index (κ3) is 2.49. The molecule has 0 saturated heterocycles. The molecule has 4 nitrogen and oxygen atoms in total. The van der Waals surface area contributed by atoms with Crippen LogP contribution in [0.5, 0.6) is 23.0 Å². The van der Waals surface area contributed by atoms with Crippen molar-refractivity contribution in [3.05, 3.63) is 54.4 Å². The van der Waals surface area contributed by atoms with E-state index in [2.05, 4.69) is 0 Å². The smallest absolute Gasteiger partial charge is 0.161 e. The second-order valence-electron chi connectivity index (χ2n) is 4.98. The van der Waals surface area contributed by atoms with Crippen molar-refractivity contribution in [3.63, 3.8) is 0 Å². The van der Waals surface area contributed by atoms with Gasteiger partial charge in [0.05, 0.1) is 0 Å². The van der Waals surface area contributed by atoms with E-state index in [9.17, 15) is 0 Å². The van der Waals surface area contributed by atoms with Crippen LogP contribution in [0, 0.1) is 6.42 Å². The van der Waals surface area contributed by atoms with Crippen LogP contribution in [0.15, 0.2) is 42.5 Å². The quantitative estimate of drug-likeness (QED) is 0.849. The summed E-state index contributed by atoms with van der Waals surface area (Å²) in [5.41, 5.74) is 1.03. The SMILES string of the molecule is [CH](c1ccc2c(c1)OCCO2)C1COc2ccccc2O1. The van der Waals surface area contributed by atoms with Gasteiger partial charge in [0.25, 0.3) is 0 Å². The van der Waals surface area contributed by atoms with Gasteiger partial charge in [-0.2, -0.15) is 0 Å². The molecule has 107 valence electrons. The van der Waals surface area contributed by atoms with Crippen molar-refractivity contribution >= 4 is 0 Å². The molecule has 0 aromatic heterocycles. The maximum Gasteiger partial charge on any atom is 0.161 e. The van der Waals surface area contributed by atoms with Gasteiger partial charge in [0.1, 0.15) is 25.9 Å². The minimum atomic E-state index is -0.109. The highest BCUT2D eigenvalue weighted by Crippen LogP contribution is 2.34. The van der Waals surface area contributed by atoms with Crippen LogP contribution >= 0.6 is 0 Å². The van der Waals surface area contributed by atoms with Crippen LogP contribution in [0.3, 0.4) is 0 Å². The third-order valence-corrected chi connectivity index (χ3v) is 3.48. The Hall–Kier alpha value is -2.36. The maximum absolute atomic E-state index is 5.93. The fourth-order valence-corrected chi connectivity index (χ4v) is 2.50. The Kier molecular flexibility index (Phi) is 3.07. The van der Waals surface area contributed by atoms with Crippen LogP contribution in [0.4, 0.5) is 0 Å². The zero-order chi connectivity index (χ0) is 14.1. The van der Waals surface area contributed by atoms with Gasteiger partial charge in [-0.05, 0) is 29.8 Å². The van der Waals surface area contributed by atoms with Gasteiger partial charge in [-0.25, -0.2) is 0 Å². The normalized spacial score (nSPS) is 19.1. The Morgan fingerprint density at radius 3 is 2.48 bits per heavy atom. The Balaban J connectivity index is 1.50. The zero-order valence-electron chi connectivity index (χ0n) is 11.5. The molecule has 1 radical (unpaired) electrons. The molecule has 2 aromatic rings. The van der Waals surface area contributed by atoms with E-state index in [-0.39, 0.29) is 6.10 Å². The maximum atomic E-state index is 5.93. The van der Waals surface area contributed by atoms with E-state index in [1.165, 1.54) is 0 Å². The summed E-state index contributed by atoms with van der Waals surface area (Å²) >= 11 is 0. The van der Waals surface area contributed by atoms with E-state index in [1.807, 2.05) is 48.9 Å². The molecule has 2 aliphatic heterocycles. The van der Waals surface area contributed by atoms with Gasteiger partial charge in [-0.15, -0.1) is 0 Å². The molecule has 4 rings (SSSR count). The average molecular weight is 283 g/mol. The molecule has 4 heteroatoms. The summed E-state index contributed by atoms with van der Waals surface area (Å²) in [5, 5.41) is 0. The molecule has 0 amide bonds. The van der Waals surface area contributed by atoms with Crippen molar-refractivity contribution in [1.82, 2.24) is 0 Å². The van der Waals surface area contributed by atoms with Crippen LogP contribution in [0.1, 0.15) is 5.56 Å². The summed E-state index contributed by atoms with van der Waals surface area (Å²) < 4.78 is 22.7. The summed E-state index contributed by atoms with van der Waals surface area (Å²) in [6.45, 7) is 1.70. The largest absolute Gasteiger partial charge is 0.486 e. The molecule has 2 aliphatic rings. The Morgan fingerprint density at radius 1 is 0.810 bits per heavy atom. The average Bonchev–Trinajstić information content (AvgIpc) is 2.55. The van der Waals surface area contributed by atoms with Crippen molar-refractivity contribution in [2.24, 2.45) is 0 Å². The molecular weight excluding hydrogens is 268 g/mol. The van der Waals surface area contributed by atoms with E-state index < -0.39 is 0 Å². The predicted octanol–water partition coefficient (Wildman–Crippen LogP) is 2.85. The van der Waals surface area contributed by atoms with Crippen molar-refractivity contribution < 1.29 is 18.9 Å². The summed E-state index contributed by atoms with van der Waals surface area (Å²) in [4.78, 5) is 0. The lowest BCUT2D eigenvalue weighted by Gasteiger charge is -2.26. The van der Waals surface area contributed by atoms with Gasteiger partial charge in [0.15, 0.2) is 23.0 Å².